The number of nitrogens with zero attached hydrogens (tertiary/aromatic N) is 2. The molecule has 2 nitrogen and oxygen atoms in total. The van der Waals surface area contributed by atoms with Crippen molar-refractivity contribution in [3.8, 4) is 0 Å². The molecule has 16 heavy (non-hydrogen) atoms. The van der Waals surface area contributed by atoms with Crippen LogP contribution in [0.2, 0.25) is 0 Å². The van der Waals surface area contributed by atoms with E-state index in [1.807, 2.05) is 0 Å². The highest BCUT2D eigenvalue weighted by Crippen LogP contribution is 2.29. The van der Waals surface area contributed by atoms with Gasteiger partial charge in [0.05, 0.1) is 0 Å². The van der Waals surface area contributed by atoms with Crippen LogP contribution in [0, 0.1) is 11.8 Å². The van der Waals surface area contributed by atoms with Crippen molar-refractivity contribution >= 4 is 0 Å². The van der Waals surface area contributed by atoms with Crippen molar-refractivity contribution in [2.45, 2.75) is 52.6 Å². The Bertz CT molecular complexity index is 201. The summed E-state index contributed by atoms with van der Waals surface area (Å²) in [6.45, 7) is 14.6. The monoisotopic (exact) mass is 224 g/mol. The van der Waals surface area contributed by atoms with Gasteiger partial charge in [-0.3, -0.25) is 9.80 Å². The van der Waals surface area contributed by atoms with Gasteiger partial charge in [0, 0.05) is 38.3 Å². The van der Waals surface area contributed by atoms with E-state index in [4.69, 9.17) is 0 Å². The van der Waals surface area contributed by atoms with E-state index in [1.165, 1.54) is 39.0 Å². The second-order valence-electron chi connectivity index (χ2n) is 6.58. The van der Waals surface area contributed by atoms with Crippen LogP contribution < -0.4 is 0 Å². The topological polar surface area (TPSA) is 6.48 Å². The minimum absolute atomic E-state index is 0.817. The lowest BCUT2D eigenvalue weighted by molar-refractivity contribution is -0.0302. The first-order valence-corrected chi connectivity index (χ1v) is 7.04. The molecule has 3 rings (SSSR count). The molecule has 3 heterocycles. The SMILES string of the molecule is CC(C)CN1CC2CCC1CN2CC(C)C. The highest BCUT2D eigenvalue weighted by Gasteiger charge is 2.38. The third kappa shape index (κ3) is 2.78. The van der Waals surface area contributed by atoms with E-state index in [9.17, 15) is 0 Å². The van der Waals surface area contributed by atoms with Gasteiger partial charge in [-0.15, -0.1) is 0 Å². The standard InChI is InChI=1S/C14H28N2/c1-11(2)7-15-9-14-6-5-13(15)10-16(14)8-12(3)4/h11-14H,5-10H2,1-4H3. The van der Waals surface area contributed by atoms with Gasteiger partial charge in [-0.1, -0.05) is 27.7 Å². The maximum Gasteiger partial charge on any atom is 0.0224 e. The Labute approximate surface area is 101 Å². The summed E-state index contributed by atoms with van der Waals surface area (Å²) in [5, 5.41) is 0. The molecule has 0 aliphatic carbocycles. The molecule has 3 fully saturated rings. The Balaban J connectivity index is 1.90. The Morgan fingerprint density at radius 2 is 1.19 bits per heavy atom. The highest BCUT2D eigenvalue weighted by atomic mass is 15.3. The molecule has 0 aromatic rings. The van der Waals surface area contributed by atoms with Crippen LogP contribution in [0.25, 0.3) is 0 Å². The lowest BCUT2D eigenvalue weighted by Gasteiger charge is -2.52. The van der Waals surface area contributed by atoms with Crippen molar-refractivity contribution in [1.29, 1.82) is 0 Å². The smallest absolute Gasteiger partial charge is 0.0224 e. The van der Waals surface area contributed by atoms with E-state index in [-0.39, 0.29) is 0 Å². The van der Waals surface area contributed by atoms with Crippen molar-refractivity contribution in [3.05, 3.63) is 0 Å². The molecule has 0 aromatic heterocycles. The van der Waals surface area contributed by atoms with Crippen LogP contribution >= 0.6 is 0 Å². The number of rotatable bonds is 4. The maximum atomic E-state index is 2.75. The molecule has 0 radical (unpaired) electrons. The van der Waals surface area contributed by atoms with Crippen LogP contribution in [0.3, 0.4) is 0 Å². The van der Waals surface area contributed by atoms with Crippen LogP contribution in [-0.2, 0) is 0 Å². The van der Waals surface area contributed by atoms with Gasteiger partial charge >= 0.3 is 0 Å². The molecule has 94 valence electrons. The van der Waals surface area contributed by atoms with Gasteiger partial charge in [0.2, 0.25) is 0 Å². The lowest BCUT2D eigenvalue weighted by atomic mass is 9.89. The first-order chi connectivity index (χ1) is 7.56. The van der Waals surface area contributed by atoms with Crippen LogP contribution in [0.1, 0.15) is 40.5 Å². The Hall–Kier alpha value is -0.0800. The molecule has 0 aromatic carbocycles. The molecule has 2 atom stereocenters. The predicted octanol–water partition coefficient (Wildman–Crippen LogP) is 2.45. The molecule has 0 saturated carbocycles. The minimum Gasteiger partial charge on any atom is -0.297 e. The quantitative estimate of drug-likeness (QED) is 0.724. The maximum absolute atomic E-state index is 2.75. The molecular weight excluding hydrogens is 196 g/mol. The Kier molecular flexibility index (Phi) is 3.91. The fourth-order valence-electron chi connectivity index (χ4n) is 3.39. The van der Waals surface area contributed by atoms with E-state index in [0.29, 0.717) is 0 Å². The van der Waals surface area contributed by atoms with Crippen LogP contribution in [0.15, 0.2) is 0 Å². The summed E-state index contributed by atoms with van der Waals surface area (Å²) in [6.07, 6.45) is 2.87. The lowest BCUT2D eigenvalue weighted by Crippen LogP contribution is -2.63. The molecule has 3 saturated heterocycles. The molecule has 3 aliphatic heterocycles. The minimum atomic E-state index is 0.817. The number of hydrogen-bond donors (Lipinski definition) is 0. The molecule has 0 amide bonds. The zero-order valence-corrected chi connectivity index (χ0v) is 11.4. The number of fused-ring (bicyclic) bond motifs is 3. The first kappa shape index (κ1) is 12.4. The fraction of sp³-hybridized carbons (Fsp3) is 1.00. The van der Waals surface area contributed by atoms with Crippen LogP contribution in [-0.4, -0.2) is 48.1 Å². The molecular formula is C14H28N2. The second-order valence-corrected chi connectivity index (χ2v) is 6.58. The summed E-state index contributed by atoms with van der Waals surface area (Å²) in [4.78, 5) is 5.49. The van der Waals surface area contributed by atoms with Gasteiger partial charge in [0.15, 0.2) is 0 Å². The van der Waals surface area contributed by atoms with Crippen LogP contribution in [0.4, 0.5) is 0 Å². The van der Waals surface area contributed by atoms with Gasteiger partial charge in [0.25, 0.3) is 0 Å². The average Bonchev–Trinajstić information content (AvgIpc) is 2.17. The number of hydrogen-bond acceptors (Lipinski definition) is 2. The van der Waals surface area contributed by atoms with Crippen molar-refractivity contribution in [3.63, 3.8) is 0 Å². The summed E-state index contributed by atoms with van der Waals surface area (Å²) in [5.74, 6) is 1.63. The Morgan fingerprint density at radius 3 is 1.44 bits per heavy atom. The third-order valence-electron chi connectivity index (χ3n) is 3.96. The van der Waals surface area contributed by atoms with Gasteiger partial charge in [-0.2, -0.15) is 0 Å². The molecule has 0 spiro atoms. The molecule has 2 heteroatoms. The average molecular weight is 224 g/mol. The summed E-state index contributed by atoms with van der Waals surface area (Å²) >= 11 is 0. The summed E-state index contributed by atoms with van der Waals surface area (Å²) in [6, 6.07) is 1.71. The van der Waals surface area contributed by atoms with E-state index < -0.39 is 0 Å². The molecule has 3 aliphatic rings. The van der Waals surface area contributed by atoms with E-state index >= 15 is 0 Å². The van der Waals surface area contributed by atoms with E-state index in [1.54, 1.807) is 0 Å². The number of piperazine rings is 1. The second kappa shape index (κ2) is 5.05. The summed E-state index contributed by atoms with van der Waals surface area (Å²) < 4.78 is 0. The zero-order chi connectivity index (χ0) is 11.7. The summed E-state index contributed by atoms with van der Waals surface area (Å²) in [7, 11) is 0. The first-order valence-electron chi connectivity index (χ1n) is 7.04. The van der Waals surface area contributed by atoms with Gasteiger partial charge < -0.3 is 0 Å². The van der Waals surface area contributed by atoms with Gasteiger partial charge in [0.1, 0.15) is 0 Å². The van der Waals surface area contributed by atoms with Gasteiger partial charge in [-0.05, 0) is 24.7 Å². The molecule has 2 unspecified atom stereocenters. The van der Waals surface area contributed by atoms with Crippen molar-refractivity contribution in [2.75, 3.05) is 26.2 Å². The highest BCUT2D eigenvalue weighted by molar-refractivity contribution is 4.95. The van der Waals surface area contributed by atoms with Crippen molar-refractivity contribution < 1.29 is 0 Å². The molecule has 2 bridgehead atoms. The van der Waals surface area contributed by atoms with Crippen LogP contribution in [0.5, 0.6) is 0 Å². The summed E-state index contributed by atoms with van der Waals surface area (Å²) in [5.41, 5.74) is 0. The zero-order valence-electron chi connectivity index (χ0n) is 11.4. The predicted molar refractivity (Wildman–Crippen MR) is 69.6 cm³/mol. The van der Waals surface area contributed by atoms with E-state index in [0.717, 1.165) is 23.9 Å². The van der Waals surface area contributed by atoms with Crippen molar-refractivity contribution in [2.24, 2.45) is 11.8 Å². The fourth-order valence-corrected chi connectivity index (χ4v) is 3.39. The third-order valence-corrected chi connectivity index (χ3v) is 3.96. The largest absolute Gasteiger partial charge is 0.297 e. The van der Waals surface area contributed by atoms with E-state index in [2.05, 4.69) is 37.5 Å². The Morgan fingerprint density at radius 1 is 0.812 bits per heavy atom. The normalized spacial score (nSPS) is 31.9. The van der Waals surface area contributed by atoms with Gasteiger partial charge in [-0.25, -0.2) is 0 Å². The molecule has 0 N–H and O–H groups in total. The van der Waals surface area contributed by atoms with Crippen molar-refractivity contribution in [1.82, 2.24) is 9.80 Å². The number of piperidine rings is 2.